The lowest BCUT2D eigenvalue weighted by molar-refractivity contribution is -0.361. The highest BCUT2D eigenvalue weighted by Gasteiger charge is 2.74. The summed E-state index contributed by atoms with van der Waals surface area (Å²) >= 11 is 0. The van der Waals surface area contributed by atoms with E-state index in [1.54, 1.807) is 0 Å². The average molecular weight is 338 g/mol. The number of hydrogen-bond donors (Lipinski definition) is 0. The largest absolute Gasteiger partial charge is 0.466 e. The van der Waals surface area contributed by atoms with E-state index in [1.807, 2.05) is 0 Å². The van der Waals surface area contributed by atoms with Crippen molar-refractivity contribution in [3.8, 4) is 0 Å². The van der Waals surface area contributed by atoms with Crippen LogP contribution in [-0.4, -0.2) is 36.8 Å². The van der Waals surface area contributed by atoms with E-state index in [-0.39, 0.29) is 0 Å². The number of carbonyl (C=O) groups is 1. The quantitative estimate of drug-likeness (QED) is 0.560. The van der Waals surface area contributed by atoms with Gasteiger partial charge in [-0.15, -0.1) is 0 Å². The minimum atomic E-state index is -6.78. The van der Waals surface area contributed by atoms with Gasteiger partial charge in [-0.1, -0.05) is 0 Å². The monoisotopic (exact) mass is 338 g/mol. The zero-order valence-corrected chi connectivity index (χ0v) is 10.1. The van der Waals surface area contributed by atoms with Gasteiger partial charge in [-0.05, 0) is 6.92 Å². The maximum absolute atomic E-state index is 12.9. The zero-order chi connectivity index (χ0) is 17.3. The standard InChI is InChI=1S/C9H8F10O2/c1-2-21-5(20)4(7(12,13)14)3-6(10,11)8(15,16)9(17,18)19/h4H,2-3H2,1H3. The van der Waals surface area contributed by atoms with Crippen LogP contribution in [0.5, 0.6) is 0 Å². The van der Waals surface area contributed by atoms with Crippen molar-refractivity contribution in [2.75, 3.05) is 6.61 Å². The van der Waals surface area contributed by atoms with Crippen LogP contribution in [0, 0.1) is 5.92 Å². The van der Waals surface area contributed by atoms with E-state index < -0.39 is 49.1 Å². The molecule has 126 valence electrons. The number of carbonyl (C=O) groups excluding carboxylic acids is 1. The molecule has 0 amide bonds. The van der Waals surface area contributed by atoms with Gasteiger partial charge in [-0.3, -0.25) is 4.79 Å². The number of halogens is 10. The van der Waals surface area contributed by atoms with E-state index in [9.17, 15) is 48.7 Å². The second-order valence-electron chi connectivity index (χ2n) is 3.83. The molecule has 0 aliphatic carbocycles. The fourth-order valence-electron chi connectivity index (χ4n) is 1.17. The first-order chi connectivity index (χ1) is 9.08. The number of hydrogen-bond acceptors (Lipinski definition) is 2. The van der Waals surface area contributed by atoms with Crippen LogP contribution in [0.4, 0.5) is 43.9 Å². The van der Waals surface area contributed by atoms with Crippen molar-refractivity contribution in [3.63, 3.8) is 0 Å². The van der Waals surface area contributed by atoms with Gasteiger partial charge in [-0.25, -0.2) is 0 Å². The lowest BCUT2D eigenvalue weighted by Crippen LogP contribution is -2.54. The first kappa shape index (κ1) is 19.8. The molecule has 21 heavy (non-hydrogen) atoms. The fourth-order valence-corrected chi connectivity index (χ4v) is 1.17. The Kier molecular flexibility index (Phi) is 5.53. The van der Waals surface area contributed by atoms with Crippen molar-refractivity contribution >= 4 is 5.97 Å². The molecule has 2 nitrogen and oxygen atoms in total. The lowest BCUT2D eigenvalue weighted by Gasteiger charge is -2.30. The van der Waals surface area contributed by atoms with Crippen molar-refractivity contribution in [2.45, 2.75) is 37.5 Å². The molecule has 0 aliphatic rings. The summed E-state index contributed by atoms with van der Waals surface area (Å²) in [6.45, 7) is 0.292. The van der Waals surface area contributed by atoms with Crippen LogP contribution >= 0.6 is 0 Å². The van der Waals surface area contributed by atoms with Crippen molar-refractivity contribution in [2.24, 2.45) is 5.92 Å². The minimum Gasteiger partial charge on any atom is -0.466 e. The summed E-state index contributed by atoms with van der Waals surface area (Å²) in [5.41, 5.74) is 0. The Hall–Kier alpha value is -1.23. The molecular formula is C9H8F10O2. The molecule has 1 unspecified atom stereocenters. The minimum absolute atomic E-state index is 0.702. The summed E-state index contributed by atoms with van der Waals surface area (Å²) in [5, 5.41) is 0. The van der Waals surface area contributed by atoms with Crippen LogP contribution < -0.4 is 0 Å². The van der Waals surface area contributed by atoms with Crippen LogP contribution in [0.2, 0.25) is 0 Å². The molecule has 0 aliphatic heterocycles. The summed E-state index contributed by atoms with van der Waals surface area (Å²) in [6, 6.07) is 0. The molecule has 0 saturated heterocycles. The molecule has 0 aromatic rings. The number of alkyl halides is 10. The van der Waals surface area contributed by atoms with E-state index >= 15 is 0 Å². The molecule has 0 radical (unpaired) electrons. The Balaban J connectivity index is 5.48. The second kappa shape index (κ2) is 5.87. The molecular weight excluding hydrogens is 330 g/mol. The van der Waals surface area contributed by atoms with Crippen molar-refractivity contribution in [1.82, 2.24) is 0 Å². The van der Waals surface area contributed by atoms with Gasteiger partial charge in [0.1, 0.15) is 0 Å². The predicted molar refractivity (Wildman–Crippen MR) is 46.7 cm³/mol. The zero-order valence-electron chi connectivity index (χ0n) is 10.1. The molecule has 0 spiro atoms. The molecule has 0 fully saturated rings. The van der Waals surface area contributed by atoms with Gasteiger partial charge < -0.3 is 4.74 Å². The van der Waals surface area contributed by atoms with E-state index in [1.165, 1.54) is 0 Å². The van der Waals surface area contributed by atoms with Crippen LogP contribution in [0.1, 0.15) is 13.3 Å². The molecule has 0 rings (SSSR count). The Morgan fingerprint density at radius 2 is 1.38 bits per heavy atom. The summed E-state index contributed by atoms with van der Waals surface area (Å²) in [6.07, 6.45) is -15.6. The van der Waals surface area contributed by atoms with Gasteiger partial charge in [0.25, 0.3) is 0 Å². The Bertz CT molecular complexity index is 370. The first-order valence-electron chi connectivity index (χ1n) is 5.13. The van der Waals surface area contributed by atoms with E-state index in [0.29, 0.717) is 0 Å². The summed E-state index contributed by atoms with van der Waals surface area (Å²) in [4.78, 5) is 10.8. The Morgan fingerprint density at radius 1 is 0.952 bits per heavy atom. The lowest BCUT2D eigenvalue weighted by atomic mass is 9.96. The SMILES string of the molecule is CCOC(=O)C(CC(F)(F)C(F)(F)C(F)(F)F)C(F)(F)F. The summed E-state index contributed by atoms with van der Waals surface area (Å²) < 4.78 is 127. The predicted octanol–water partition coefficient (Wildman–Crippen LogP) is 3.95. The molecule has 0 aromatic heterocycles. The Morgan fingerprint density at radius 3 is 1.67 bits per heavy atom. The third-order valence-electron chi connectivity index (χ3n) is 2.24. The fraction of sp³-hybridized carbons (Fsp3) is 0.889. The Labute approximate surface area is 111 Å². The van der Waals surface area contributed by atoms with E-state index in [4.69, 9.17) is 0 Å². The second-order valence-corrected chi connectivity index (χ2v) is 3.83. The third kappa shape index (κ3) is 4.37. The highest BCUT2D eigenvalue weighted by molar-refractivity contribution is 5.73. The van der Waals surface area contributed by atoms with Gasteiger partial charge in [0, 0.05) is 6.42 Å². The van der Waals surface area contributed by atoms with Gasteiger partial charge >= 0.3 is 30.2 Å². The van der Waals surface area contributed by atoms with Gasteiger partial charge in [-0.2, -0.15) is 43.9 Å². The van der Waals surface area contributed by atoms with Crippen LogP contribution in [-0.2, 0) is 9.53 Å². The van der Waals surface area contributed by atoms with Gasteiger partial charge in [0.15, 0.2) is 5.92 Å². The summed E-state index contributed by atoms with van der Waals surface area (Å²) in [7, 11) is 0. The highest BCUT2D eigenvalue weighted by Crippen LogP contribution is 2.50. The van der Waals surface area contributed by atoms with Gasteiger partial charge in [0.05, 0.1) is 6.61 Å². The molecule has 12 heteroatoms. The van der Waals surface area contributed by atoms with Crippen LogP contribution in [0.3, 0.4) is 0 Å². The molecule has 0 heterocycles. The van der Waals surface area contributed by atoms with Crippen molar-refractivity contribution in [3.05, 3.63) is 0 Å². The van der Waals surface area contributed by atoms with E-state index in [0.717, 1.165) is 6.92 Å². The average Bonchev–Trinajstić information content (AvgIpc) is 2.22. The first-order valence-corrected chi connectivity index (χ1v) is 5.13. The molecule has 0 N–H and O–H groups in total. The smallest absolute Gasteiger partial charge is 0.459 e. The normalized spacial score (nSPS) is 15.8. The molecule has 0 aromatic carbocycles. The van der Waals surface area contributed by atoms with E-state index in [2.05, 4.69) is 4.74 Å². The van der Waals surface area contributed by atoms with Crippen LogP contribution in [0.15, 0.2) is 0 Å². The summed E-state index contributed by atoms with van der Waals surface area (Å²) in [5.74, 6) is -19.0. The number of ether oxygens (including phenoxy) is 1. The van der Waals surface area contributed by atoms with Crippen molar-refractivity contribution in [1.29, 1.82) is 0 Å². The van der Waals surface area contributed by atoms with Crippen LogP contribution in [0.25, 0.3) is 0 Å². The highest BCUT2D eigenvalue weighted by atomic mass is 19.4. The topological polar surface area (TPSA) is 26.3 Å². The molecule has 0 bridgehead atoms. The molecule has 1 atom stereocenters. The maximum Gasteiger partial charge on any atom is 0.459 e. The molecule has 0 saturated carbocycles. The maximum atomic E-state index is 12.9. The third-order valence-corrected chi connectivity index (χ3v) is 2.24. The number of esters is 1. The number of rotatable bonds is 5. The van der Waals surface area contributed by atoms with Gasteiger partial charge in [0.2, 0.25) is 0 Å². The van der Waals surface area contributed by atoms with Crippen molar-refractivity contribution < 1.29 is 53.4 Å².